The van der Waals surface area contributed by atoms with Crippen LogP contribution in [0.4, 0.5) is 0 Å². The Bertz CT molecular complexity index is 693. The van der Waals surface area contributed by atoms with Gasteiger partial charge in [0.05, 0.1) is 11.5 Å². The first-order valence-corrected chi connectivity index (χ1v) is 9.13. The van der Waals surface area contributed by atoms with Crippen LogP contribution in [0.3, 0.4) is 0 Å². The number of aliphatic hydroxyl groups excluding tert-OH is 1. The Morgan fingerprint density at radius 2 is 1.88 bits per heavy atom. The third-order valence-corrected chi connectivity index (χ3v) is 6.93. The van der Waals surface area contributed by atoms with E-state index in [-0.39, 0.29) is 34.9 Å². The number of hydrogen-bond donors (Lipinski definition) is 3. The molecule has 24 heavy (non-hydrogen) atoms. The lowest BCUT2D eigenvalue weighted by molar-refractivity contribution is -0.265. The molecule has 2 aliphatic carbocycles. The Labute approximate surface area is 143 Å². The van der Waals surface area contributed by atoms with Crippen molar-refractivity contribution in [3.8, 4) is 11.5 Å². The van der Waals surface area contributed by atoms with Crippen LogP contribution in [0.1, 0.15) is 82.1 Å². The number of hydrogen-bond acceptors (Lipinski definition) is 4. The van der Waals surface area contributed by atoms with Crippen molar-refractivity contribution in [3.05, 3.63) is 22.8 Å². The Morgan fingerprint density at radius 3 is 2.54 bits per heavy atom. The quantitative estimate of drug-likeness (QED) is 0.678. The highest BCUT2D eigenvalue weighted by molar-refractivity contribution is 5.61. The Kier molecular flexibility index (Phi) is 3.30. The zero-order chi connectivity index (χ0) is 17.4. The Morgan fingerprint density at radius 1 is 1.17 bits per heavy atom. The van der Waals surface area contributed by atoms with Crippen molar-refractivity contribution in [2.75, 3.05) is 0 Å². The SMILES string of the molecule is CC(C)c1cc2c(c(O)c1O)C13CCCC(C)(C)[C@@H]1C[C@@H]2O[C@@H]3O. The molecule has 0 amide bonds. The minimum absolute atomic E-state index is 0.0278. The summed E-state index contributed by atoms with van der Waals surface area (Å²) < 4.78 is 5.96. The molecule has 1 aromatic rings. The third-order valence-electron chi connectivity index (χ3n) is 6.93. The molecule has 2 bridgehead atoms. The summed E-state index contributed by atoms with van der Waals surface area (Å²) in [5.41, 5.74) is 1.94. The highest BCUT2D eigenvalue weighted by atomic mass is 16.6. The van der Waals surface area contributed by atoms with Crippen LogP contribution in [0.15, 0.2) is 6.07 Å². The van der Waals surface area contributed by atoms with Crippen molar-refractivity contribution in [3.63, 3.8) is 0 Å². The van der Waals surface area contributed by atoms with Crippen molar-refractivity contribution < 1.29 is 20.1 Å². The summed E-state index contributed by atoms with van der Waals surface area (Å²) in [4.78, 5) is 0. The monoisotopic (exact) mass is 332 g/mol. The number of ether oxygens (including phenoxy) is 1. The number of benzene rings is 1. The van der Waals surface area contributed by atoms with Gasteiger partial charge in [0.1, 0.15) is 0 Å². The second kappa shape index (κ2) is 4.89. The standard InChI is InChI=1S/C20H28O4/c1-10(2)11-8-12-13-9-14-19(3,4)6-5-7-20(14,18(23)24-13)15(12)17(22)16(11)21/h8,10,13-14,18,21-23H,5-7,9H2,1-4H3/t13-,14-,18-,20?/m0/s1. The van der Waals surface area contributed by atoms with E-state index in [4.69, 9.17) is 4.74 Å². The lowest BCUT2D eigenvalue weighted by Gasteiger charge is -2.62. The zero-order valence-electron chi connectivity index (χ0n) is 15.0. The van der Waals surface area contributed by atoms with E-state index in [1.54, 1.807) is 0 Å². The van der Waals surface area contributed by atoms with Crippen molar-refractivity contribution in [1.82, 2.24) is 0 Å². The molecule has 4 nitrogen and oxygen atoms in total. The van der Waals surface area contributed by atoms with Crippen LogP contribution in [0.25, 0.3) is 0 Å². The maximum atomic E-state index is 10.9. The number of aliphatic hydroxyl groups is 1. The highest BCUT2D eigenvalue weighted by Crippen LogP contribution is 2.67. The molecule has 1 unspecified atom stereocenters. The van der Waals surface area contributed by atoms with Crippen LogP contribution >= 0.6 is 0 Å². The van der Waals surface area contributed by atoms with Gasteiger partial charge in [-0.15, -0.1) is 0 Å². The van der Waals surface area contributed by atoms with E-state index in [1.165, 1.54) is 0 Å². The van der Waals surface area contributed by atoms with Gasteiger partial charge in [-0.05, 0) is 48.1 Å². The second-order valence-corrected chi connectivity index (χ2v) is 8.93. The predicted octanol–water partition coefficient (Wildman–Crippen LogP) is 4.08. The lowest BCUT2D eigenvalue weighted by atomic mass is 9.47. The molecule has 2 aliphatic heterocycles. The van der Waals surface area contributed by atoms with Gasteiger partial charge in [-0.1, -0.05) is 34.1 Å². The van der Waals surface area contributed by atoms with Gasteiger partial charge in [-0.25, -0.2) is 0 Å². The molecule has 1 saturated carbocycles. The molecule has 1 spiro atoms. The first kappa shape index (κ1) is 16.2. The van der Waals surface area contributed by atoms with Crippen LogP contribution in [-0.2, 0) is 10.2 Å². The first-order valence-electron chi connectivity index (χ1n) is 9.13. The van der Waals surface area contributed by atoms with Crippen molar-refractivity contribution in [2.24, 2.45) is 11.3 Å². The van der Waals surface area contributed by atoms with E-state index in [0.29, 0.717) is 0 Å². The van der Waals surface area contributed by atoms with E-state index < -0.39 is 11.7 Å². The van der Waals surface area contributed by atoms with Gasteiger partial charge in [0.25, 0.3) is 0 Å². The first-order chi connectivity index (χ1) is 11.2. The number of phenols is 2. The molecule has 5 rings (SSSR count). The van der Waals surface area contributed by atoms with Gasteiger partial charge >= 0.3 is 0 Å². The summed E-state index contributed by atoms with van der Waals surface area (Å²) >= 11 is 0. The molecule has 0 aromatic heterocycles. The zero-order valence-corrected chi connectivity index (χ0v) is 15.0. The lowest BCUT2D eigenvalue weighted by Crippen LogP contribution is -2.61. The largest absolute Gasteiger partial charge is 0.504 e. The van der Waals surface area contributed by atoms with Gasteiger partial charge in [0.15, 0.2) is 17.8 Å². The molecule has 2 fully saturated rings. The van der Waals surface area contributed by atoms with Gasteiger partial charge < -0.3 is 20.1 Å². The van der Waals surface area contributed by atoms with Gasteiger partial charge in [-0.3, -0.25) is 0 Å². The van der Waals surface area contributed by atoms with Crippen molar-refractivity contribution in [2.45, 2.75) is 77.1 Å². The summed E-state index contributed by atoms with van der Waals surface area (Å²) in [6.45, 7) is 8.51. The van der Waals surface area contributed by atoms with Crippen molar-refractivity contribution in [1.29, 1.82) is 0 Å². The summed E-state index contributed by atoms with van der Waals surface area (Å²) in [6, 6.07) is 1.99. The molecular formula is C20H28O4. The molecule has 0 radical (unpaired) electrons. The summed E-state index contributed by atoms with van der Waals surface area (Å²) in [5.74, 6) is 0.295. The fourth-order valence-corrected chi connectivity index (χ4v) is 5.76. The average molecular weight is 332 g/mol. The molecule has 4 atom stereocenters. The minimum atomic E-state index is -0.913. The fourth-order valence-electron chi connectivity index (χ4n) is 5.76. The molecule has 1 aromatic carbocycles. The van der Waals surface area contributed by atoms with E-state index in [2.05, 4.69) is 13.8 Å². The van der Waals surface area contributed by atoms with Crippen LogP contribution in [0, 0.1) is 11.3 Å². The third kappa shape index (κ3) is 1.81. The van der Waals surface area contributed by atoms with E-state index in [1.807, 2.05) is 19.9 Å². The van der Waals surface area contributed by atoms with Crippen LogP contribution in [0.5, 0.6) is 11.5 Å². The van der Waals surface area contributed by atoms with Crippen LogP contribution in [0.2, 0.25) is 0 Å². The molecule has 4 aliphatic rings. The Hall–Kier alpha value is -1.26. The predicted molar refractivity (Wildman–Crippen MR) is 91.1 cm³/mol. The van der Waals surface area contributed by atoms with Gasteiger partial charge in [-0.2, -0.15) is 0 Å². The summed E-state index contributed by atoms with van der Waals surface area (Å²) in [7, 11) is 0. The number of phenolic OH excluding ortho intramolecular Hbond substituents is 2. The van der Waals surface area contributed by atoms with E-state index >= 15 is 0 Å². The summed E-state index contributed by atoms with van der Waals surface area (Å²) in [6.07, 6.45) is 2.65. The smallest absolute Gasteiger partial charge is 0.165 e. The maximum Gasteiger partial charge on any atom is 0.165 e. The normalized spacial score (nSPS) is 36.5. The number of rotatable bonds is 1. The topological polar surface area (TPSA) is 69.9 Å². The summed E-state index contributed by atoms with van der Waals surface area (Å²) in [5, 5.41) is 32.3. The maximum absolute atomic E-state index is 10.9. The van der Waals surface area contributed by atoms with E-state index in [0.717, 1.165) is 42.4 Å². The minimum Gasteiger partial charge on any atom is -0.504 e. The number of aromatic hydroxyl groups is 2. The van der Waals surface area contributed by atoms with Gasteiger partial charge in [0.2, 0.25) is 0 Å². The molecule has 2 heterocycles. The molecule has 132 valence electrons. The molecule has 1 saturated heterocycles. The Balaban J connectivity index is 2.01. The fraction of sp³-hybridized carbons (Fsp3) is 0.700. The number of fused-ring (bicyclic) bond motifs is 1. The van der Waals surface area contributed by atoms with Crippen molar-refractivity contribution >= 4 is 0 Å². The van der Waals surface area contributed by atoms with Gasteiger partial charge in [0, 0.05) is 11.1 Å². The molecule has 4 heteroatoms. The van der Waals surface area contributed by atoms with Crippen LogP contribution < -0.4 is 0 Å². The second-order valence-electron chi connectivity index (χ2n) is 8.93. The molecular weight excluding hydrogens is 304 g/mol. The average Bonchev–Trinajstić information content (AvgIpc) is 2.50. The molecule has 3 N–H and O–H groups in total. The highest BCUT2D eigenvalue weighted by Gasteiger charge is 2.63. The van der Waals surface area contributed by atoms with Crippen LogP contribution in [-0.4, -0.2) is 21.6 Å². The van der Waals surface area contributed by atoms with E-state index in [9.17, 15) is 15.3 Å².